The Kier molecular flexibility index (Phi) is 4.77. The van der Waals surface area contributed by atoms with E-state index in [1.54, 1.807) is 0 Å². The smallest absolute Gasteiger partial charge is 0.303 e. The van der Waals surface area contributed by atoms with E-state index in [-0.39, 0.29) is 25.0 Å². The Bertz CT molecular complexity index is 540. The lowest BCUT2D eigenvalue weighted by Gasteiger charge is -2.05. The molecule has 0 aliphatic heterocycles. The van der Waals surface area contributed by atoms with E-state index < -0.39 is 32.3 Å². The average molecular weight is 278 g/mol. The summed E-state index contributed by atoms with van der Waals surface area (Å²) >= 11 is 0. The van der Waals surface area contributed by atoms with Gasteiger partial charge in [0, 0.05) is 12.5 Å². The van der Waals surface area contributed by atoms with Crippen LogP contribution in [0.1, 0.15) is 19.3 Å². The third-order valence-corrected chi connectivity index (χ3v) is 4.11. The van der Waals surface area contributed by atoms with Crippen LogP contribution in [0.2, 0.25) is 0 Å². The zero-order valence-electron chi connectivity index (χ0n) is 9.40. The van der Waals surface area contributed by atoms with Crippen LogP contribution in [0.25, 0.3) is 0 Å². The molecule has 18 heavy (non-hydrogen) atoms. The summed E-state index contributed by atoms with van der Waals surface area (Å²) in [7, 11) is -3.84. The van der Waals surface area contributed by atoms with Crippen molar-refractivity contribution in [2.75, 3.05) is 5.75 Å². The Hall–Kier alpha value is -1.50. The zero-order chi connectivity index (χ0) is 13.8. The third kappa shape index (κ3) is 4.06. The van der Waals surface area contributed by atoms with Gasteiger partial charge in [-0.25, -0.2) is 17.2 Å². The van der Waals surface area contributed by atoms with Crippen LogP contribution in [-0.4, -0.2) is 25.2 Å². The highest BCUT2D eigenvalue weighted by Gasteiger charge is 2.19. The first kappa shape index (κ1) is 14.6. The van der Waals surface area contributed by atoms with E-state index in [0.29, 0.717) is 6.07 Å². The Morgan fingerprint density at radius 2 is 1.89 bits per heavy atom. The minimum Gasteiger partial charge on any atom is -0.481 e. The van der Waals surface area contributed by atoms with Gasteiger partial charge in [0.1, 0.15) is 16.5 Å². The average Bonchev–Trinajstić information content (AvgIpc) is 2.23. The number of halogens is 2. The maximum Gasteiger partial charge on any atom is 0.303 e. The molecule has 1 aromatic carbocycles. The summed E-state index contributed by atoms with van der Waals surface area (Å²) in [5, 5.41) is 8.38. The molecule has 0 aromatic heterocycles. The van der Waals surface area contributed by atoms with Gasteiger partial charge in [0.2, 0.25) is 0 Å². The minimum atomic E-state index is -3.84. The lowest BCUT2D eigenvalue weighted by Crippen LogP contribution is -2.09. The molecular formula is C11H12F2O4S. The second kappa shape index (κ2) is 5.90. The van der Waals surface area contributed by atoms with E-state index in [9.17, 15) is 22.0 Å². The lowest BCUT2D eigenvalue weighted by molar-refractivity contribution is -0.137. The maximum absolute atomic E-state index is 13.3. The van der Waals surface area contributed by atoms with Crippen LogP contribution in [0.15, 0.2) is 23.1 Å². The highest BCUT2D eigenvalue weighted by Crippen LogP contribution is 2.18. The molecule has 0 radical (unpaired) electrons. The number of hydrogen-bond acceptors (Lipinski definition) is 3. The molecule has 1 aromatic rings. The highest BCUT2D eigenvalue weighted by atomic mass is 32.2. The topological polar surface area (TPSA) is 71.4 Å². The number of carbonyl (C=O) groups is 1. The second-order valence-corrected chi connectivity index (χ2v) is 5.82. The van der Waals surface area contributed by atoms with E-state index in [4.69, 9.17) is 5.11 Å². The van der Waals surface area contributed by atoms with Crippen LogP contribution in [0.3, 0.4) is 0 Å². The summed E-state index contributed by atoms with van der Waals surface area (Å²) in [4.78, 5) is 9.68. The molecule has 100 valence electrons. The highest BCUT2D eigenvalue weighted by molar-refractivity contribution is 7.91. The Labute approximate surface area is 103 Å². The molecule has 0 heterocycles. The fraction of sp³-hybridized carbons (Fsp3) is 0.364. The number of hydrogen-bond donors (Lipinski definition) is 1. The van der Waals surface area contributed by atoms with Crippen molar-refractivity contribution < 1.29 is 27.1 Å². The van der Waals surface area contributed by atoms with E-state index in [0.717, 1.165) is 12.1 Å². The first-order chi connectivity index (χ1) is 8.33. The molecule has 0 spiro atoms. The van der Waals surface area contributed by atoms with Crippen LogP contribution in [-0.2, 0) is 14.6 Å². The van der Waals surface area contributed by atoms with Gasteiger partial charge in [0.05, 0.1) is 5.75 Å². The molecule has 0 aliphatic rings. The summed E-state index contributed by atoms with van der Waals surface area (Å²) in [6, 6.07) is 2.24. The number of carboxylic acids is 1. The summed E-state index contributed by atoms with van der Waals surface area (Å²) < 4.78 is 49.3. The summed E-state index contributed by atoms with van der Waals surface area (Å²) in [6.07, 6.45) is 0.171. The number of aliphatic carboxylic acids is 1. The molecule has 0 fully saturated rings. The fourth-order valence-corrected chi connectivity index (χ4v) is 2.84. The van der Waals surface area contributed by atoms with Crippen molar-refractivity contribution in [2.24, 2.45) is 0 Å². The normalized spacial score (nSPS) is 11.4. The third-order valence-electron chi connectivity index (χ3n) is 2.28. The van der Waals surface area contributed by atoms with Crippen molar-refractivity contribution in [1.82, 2.24) is 0 Å². The van der Waals surface area contributed by atoms with Gasteiger partial charge in [-0.3, -0.25) is 4.79 Å². The standard InChI is InChI=1S/C11H12F2O4S/c12-8-4-5-10(9(13)7-8)18(16,17)6-2-1-3-11(14)15/h4-5,7H,1-3,6H2,(H,14,15). The van der Waals surface area contributed by atoms with Gasteiger partial charge < -0.3 is 5.11 Å². The Morgan fingerprint density at radius 3 is 2.44 bits per heavy atom. The molecule has 0 bridgehead atoms. The van der Waals surface area contributed by atoms with Crippen molar-refractivity contribution in [3.8, 4) is 0 Å². The van der Waals surface area contributed by atoms with Crippen LogP contribution in [0.4, 0.5) is 8.78 Å². The maximum atomic E-state index is 13.3. The fourth-order valence-electron chi connectivity index (χ4n) is 1.41. The van der Waals surface area contributed by atoms with Crippen molar-refractivity contribution in [3.05, 3.63) is 29.8 Å². The van der Waals surface area contributed by atoms with Crippen molar-refractivity contribution >= 4 is 15.8 Å². The molecule has 0 saturated carbocycles. The number of rotatable bonds is 6. The predicted molar refractivity (Wildman–Crippen MR) is 59.9 cm³/mol. The largest absolute Gasteiger partial charge is 0.481 e. The van der Waals surface area contributed by atoms with Gasteiger partial charge in [-0.15, -0.1) is 0 Å². The van der Waals surface area contributed by atoms with Crippen molar-refractivity contribution in [1.29, 1.82) is 0 Å². The molecule has 0 atom stereocenters. The zero-order valence-corrected chi connectivity index (χ0v) is 10.2. The van der Waals surface area contributed by atoms with Gasteiger partial charge in [-0.05, 0) is 25.0 Å². The molecule has 1 N–H and O–H groups in total. The van der Waals surface area contributed by atoms with Crippen LogP contribution in [0.5, 0.6) is 0 Å². The predicted octanol–water partition coefficient (Wildman–Crippen LogP) is 1.99. The second-order valence-electron chi connectivity index (χ2n) is 3.74. The minimum absolute atomic E-state index is 0.117. The first-order valence-corrected chi connectivity index (χ1v) is 6.88. The van der Waals surface area contributed by atoms with Gasteiger partial charge in [0.25, 0.3) is 0 Å². The molecule has 4 nitrogen and oxygen atoms in total. The number of sulfone groups is 1. The van der Waals surface area contributed by atoms with Crippen molar-refractivity contribution in [3.63, 3.8) is 0 Å². The molecule has 0 amide bonds. The van der Waals surface area contributed by atoms with E-state index in [2.05, 4.69) is 0 Å². The molecule has 1 rings (SSSR count). The lowest BCUT2D eigenvalue weighted by atomic mass is 10.2. The summed E-state index contributed by atoms with van der Waals surface area (Å²) in [5.41, 5.74) is 0. The number of benzene rings is 1. The van der Waals surface area contributed by atoms with Crippen molar-refractivity contribution in [2.45, 2.75) is 24.2 Å². The number of carboxylic acid groups (broad SMARTS) is 1. The summed E-state index contributed by atoms with van der Waals surface area (Å²) in [6.45, 7) is 0. The molecule has 0 aliphatic carbocycles. The Morgan fingerprint density at radius 1 is 1.22 bits per heavy atom. The monoisotopic (exact) mass is 278 g/mol. The van der Waals surface area contributed by atoms with E-state index >= 15 is 0 Å². The van der Waals surface area contributed by atoms with E-state index in [1.165, 1.54) is 0 Å². The molecule has 0 saturated heterocycles. The van der Waals surface area contributed by atoms with Crippen LogP contribution < -0.4 is 0 Å². The van der Waals surface area contributed by atoms with Gasteiger partial charge in [0.15, 0.2) is 9.84 Å². The molecular weight excluding hydrogens is 266 g/mol. The quantitative estimate of drug-likeness (QED) is 0.638. The van der Waals surface area contributed by atoms with Gasteiger partial charge in [-0.2, -0.15) is 0 Å². The van der Waals surface area contributed by atoms with Crippen LogP contribution in [0, 0.1) is 11.6 Å². The molecule has 7 heteroatoms. The Balaban J connectivity index is 2.71. The van der Waals surface area contributed by atoms with Gasteiger partial charge >= 0.3 is 5.97 Å². The SMILES string of the molecule is O=C(O)CCCCS(=O)(=O)c1ccc(F)cc1F. The van der Waals surface area contributed by atoms with Gasteiger partial charge in [-0.1, -0.05) is 0 Å². The van der Waals surface area contributed by atoms with Crippen LogP contribution >= 0.6 is 0 Å². The summed E-state index contributed by atoms with van der Waals surface area (Å²) in [5.74, 6) is -3.35. The molecule has 0 unspecified atom stereocenters. The van der Waals surface area contributed by atoms with E-state index in [1.807, 2.05) is 0 Å². The number of unbranched alkanes of at least 4 members (excludes halogenated alkanes) is 1. The first-order valence-electron chi connectivity index (χ1n) is 5.22.